The van der Waals surface area contributed by atoms with Crippen molar-refractivity contribution in [2.75, 3.05) is 19.0 Å². The zero-order valence-electron chi connectivity index (χ0n) is 14.9. The number of H-pyrrole nitrogens is 1. The Hall–Kier alpha value is -3.28. The number of aromatic nitrogens is 1. The van der Waals surface area contributed by atoms with E-state index in [2.05, 4.69) is 10.3 Å². The molecule has 2 N–H and O–H groups in total. The third-order valence-corrected chi connectivity index (χ3v) is 4.27. The van der Waals surface area contributed by atoms with Crippen LogP contribution in [0.2, 0.25) is 0 Å². The van der Waals surface area contributed by atoms with Crippen LogP contribution in [0.15, 0.2) is 47.3 Å². The van der Waals surface area contributed by atoms with Gasteiger partial charge in [-0.2, -0.15) is 0 Å². The number of amides is 1. The van der Waals surface area contributed by atoms with Gasteiger partial charge in [-0.3, -0.25) is 9.59 Å². The second-order valence-electron chi connectivity index (χ2n) is 5.98. The molecule has 0 bridgehead atoms. The lowest BCUT2D eigenvalue weighted by molar-refractivity contribution is -0.118. The van der Waals surface area contributed by atoms with Crippen LogP contribution in [0.3, 0.4) is 0 Å². The van der Waals surface area contributed by atoms with Gasteiger partial charge in [0.15, 0.2) is 6.61 Å². The van der Waals surface area contributed by atoms with Crippen molar-refractivity contribution < 1.29 is 14.3 Å². The van der Waals surface area contributed by atoms with Gasteiger partial charge in [-0.15, -0.1) is 0 Å². The number of nitrogens with one attached hydrogen (secondary N) is 2. The average molecular weight is 352 g/mol. The number of carbonyl (C=O) groups excluding carboxylic acids is 1. The van der Waals surface area contributed by atoms with E-state index >= 15 is 0 Å². The molecule has 0 aliphatic heterocycles. The maximum Gasteiger partial charge on any atom is 0.262 e. The summed E-state index contributed by atoms with van der Waals surface area (Å²) in [5.74, 6) is 0.916. The van der Waals surface area contributed by atoms with Gasteiger partial charge >= 0.3 is 0 Å². The Morgan fingerprint density at radius 1 is 1.08 bits per heavy atom. The summed E-state index contributed by atoms with van der Waals surface area (Å²) in [4.78, 5) is 26.9. The summed E-state index contributed by atoms with van der Waals surface area (Å²) in [7, 11) is 1.57. The van der Waals surface area contributed by atoms with E-state index in [1.54, 1.807) is 50.4 Å². The first kappa shape index (κ1) is 17.5. The van der Waals surface area contributed by atoms with Crippen molar-refractivity contribution in [2.24, 2.45) is 0 Å². The summed E-state index contributed by atoms with van der Waals surface area (Å²) in [5.41, 5.74) is 2.78. The number of aromatic amines is 1. The Bertz CT molecular complexity index is 1020. The normalized spacial score (nSPS) is 10.6. The van der Waals surface area contributed by atoms with E-state index in [0.717, 1.165) is 10.9 Å². The summed E-state index contributed by atoms with van der Waals surface area (Å²) in [6.07, 6.45) is 0. The lowest BCUT2D eigenvalue weighted by Gasteiger charge is -2.10. The van der Waals surface area contributed by atoms with Gasteiger partial charge in [0.2, 0.25) is 0 Å². The molecule has 0 fully saturated rings. The fourth-order valence-corrected chi connectivity index (χ4v) is 2.68. The Morgan fingerprint density at radius 2 is 1.85 bits per heavy atom. The molecule has 6 heteroatoms. The number of ether oxygens (including phenoxy) is 2. The molecule has 1 amide bonds. The van der Waals surface area contributed by atoms with Gasteiger partial charge in [-0.1, -0.05) is 12.1 Å². The Kier molecular flexibility index (Phi) is 4.93. The van der Waals surface area contributed by atoms with Crippen molar-refractivity contribution in [1.29, 1.82) is 0 Å². The number of anilines is 1. The summed E-state index contributed by atoms with van der Waals surface area (Å²) in [6, 6.07) is 12.5. The molecule has 2 aromatic carbocycles. The number of pyridine rings is 1. The van der Waals surface area contributed by atoms with Gasteiger partial charge in [0.25, 0.3) is 11.5 Å². The van der Waals surface area contributed by atoms with E-state index in [1.165, 1.54) is 0 Å². The molecule has 1 aromatic heterocycles. The van der Waals surface area contributed by atoms with Crippen molar-refractivity contribution >= 4 is 22.5 Å². The van der Waals surface area contributed by atoms with Crippen molar-refractivity contribution in [3.8, 4) is 11.5 Å². The minimum Gasteiger partial charge on any atom is -0.497 e. The highest BCUT2D eigenvalue weighted by atomic mass is 16.5. The number of hydrogen-bond acceptors (Lipinski definition) is 4. The molecule has 134 valence electrons. The molecule has 0 aliphatic rings. The Labute approximate surface area is 150 Å². The number of hydrogen-bond donors (Lipinski definition) is 2. The largest absolute Gasteiger partial charge is 0.497 e. The van der Waals surface area contributed by atoms with Gasteiger partial charge in [0.05, 0.1) is 12.6 Å². The van der Waals surface area contributed by atoms with Gasteiger partial charge in [-0.05, 0) is 43.7 Å². The van der Waals surface area contributed by atoms with Crippen LogP contribution < -0.4 is 20.3 Å². The maximum absolute atomic E-state index is 12.1. The van der Waals surface area contributed by atoms with Gasteiger partial charge in [0.1, 0.15) is 11.5 Å². The van der Waals surface area contributed by atoms with Crippen LogP contribution in [0.25, 0.3) is 10.9 Å². The first-order valence-electron chi connectivity index (χ1n) is 8.18. The molecule has 0 radical (unpaired) electrons. The zero-order chi connectivity index (χ0) is 18.7. The third-order valence-electron chi connectivity index (χ3n) is 4.27. The van der Waals surface area contributed by atoms with E-state index < -0.39 is 0 Å². The number of carbonyl (C=O) groups is 1. The lowest BCUT2D eigenvalue weighted by Crippen LogP contribution is -2.20. The number of fused-ring (bicyclic) bond motifs is 1. The molecule has 0 saturated heterocycles. The fourth-order valence-electron chi connectivity index (χ4n) is 2.68. The van der Waals surface area contributed by atoms with Crippen molar-refractivity contribution in [2.45, 2.75) is 13.8 Å². The minimum atomic E-state index is -0.293. The highest BCUT2D eigenvalue weighted by Gasteiger charge is 2.08. The first-order chi connectivity index (χ1) is 12.5. The van der Waals surface area contributed by atoms with Crippen LogP contribution in [0.1, 0.15) is 11.1 Å². The molecule has 3 rings (SSSR count). The molecule has 0 saturated carbocycles. The summed E-state index contributed by atoms with van der Waals surface area (Å²) in [5, 5.41) is 3.72. The Morgan fingerprint density at radius 3 is 2.62 bits per heavy atom. The van der Waals surface area contributed by atoms with Crippen LogP contribution >= 0.6 is 0 Å². The van der Waals surface area contributed by atoms with Gasteiger partial charge < -0.3 is 19.8 Å². The third kappa shape index (κ3) is 3.69. The van der Waals surface area contributed by atoms with Crippen LogP contribution in [0.5, 0.6) is 11.5 Å². The summed E-state index contributed by atoms with van der Waals surface area (Å²) in [6.45, 7) is 3.57. The highest BCUT2D eigenvalue weighted by molar-refractivity contribution is 5.95. The molecule has 0 spiro atoms. The van der Waals surface area contributed by atoms with E-state index in [-0.39, 0.29) is 18.1 Å². The quantitative estimate of drug-likeness (QED) is 0.739. The predicted octanol–water partition coefficient (Wildman–Crippen LogP) is 3.17. The Balaban J connectivity index is 1.71. The topological polar surface area (TPSA) is 80.4 Å². The molecular weight excluding hydrogens is 332 g/mol. The average Bonchev–Trinajstić information content (AvgIpc) is 2.64. The number of benzene rings is 2. The van der Waals surface area contributed by atoms with Crippen molar-refractivity contribution in [3.63, 3.8) is 0 Å². The van der Waals surface area contributed by atoms with Crippen LogP contribution in [0, 0.1) is 13.8 Å². The fraction of sp³-hybridized carbons (Fsp3) is 0.200. The second kappa shape index (κ2) is 7.31. The molecule has 0 aliphatic carbocycles. The molecule has 3 aromatic rings. The van der Waals surface area contributed by atoms with Crippen LogP contribution in [0.4, 0.5) is 5.69 Å². The van der Waals surface area contributed by atoms with E-state index in [9.17, 15) is 9.59 Å². The number of methoxy groups -OCH3 is 1. The monoisotopic (exact) mass is 352 g/mol. The molecule has 0 atom stereocenters. The molecule has 1 heterocycles. The molecule has 0 unspecified atom stereocenters. The van der Waals surface area contributed by atoms with Crippen molar-refractivity contribution in [1.82, 2.24) is 4.98 Å². The van der Waals surface area contributed by atoms with Crippen LogP contribution in [-0.2, 0) is 4.79 Å². The summed E-state index contributed by atoms with van der Waals surface area (Å²) < 4.78 is 10.6. The molecular formula is C20H20N2O4. The maximum atomic E-state index is 12.1. The van der Waals surface area contributed by atoms with Gasteiger partial charge in [-0.25, -0.2) is 0 Å². The van der Waals surface area contributed by atoms with E-state index in [0.29, 0.717) is 28.3 Å². The minimum absolute atomic E-state index is 0.125. The SMILES string of the molecule is COc1cccc(OCC(=O)Nc2ccc3c(C)c(C)c(=O)[nH]c3c2)c1. The smallest absolute Gasteiger partial charge is 0.262 e. The lowest BCUT2D eigenvalue weighted by atomic mass is 10.1. The molecule has 26 heavy (non-hydrogen) atoms. The second-order valence-corrected chi connectivity index (χ2v) is 5.98. The highest BCUT2D eigenvalue weighted by Crippen LogP contribution is 2.21. The van der Waals surface area contributed by atoms with Crippen LogP contribution in [-0.4, -0.2) is 24.6 Å². The summed E-state index contributed by atoms with van der Waals surface area (Å²) >= 11 is 0. The van der Waals surface area contributed by atoms with E-state index in [4.69, 9.17) is 9.47 Å². The van der Waals surface area contributed by atoms with Gasteiger partial charge in [0, 0.05) is 22.7 Å². The predicted molar refractivity (Wildman–Crippen MR) is 101 cm³/mol. The number of aryl methyl sites for hydroxylation is 1. The van der Waals surface area contributed by atoms with Crippen molar-refractivity contribution in [3.05, 3.63) is 63.9 Å². The standard InChI is InChI=1S/C20H20N2O4/c1-12-13(2)20(24)22-18-9-14(7-8-17(12)18)21-19(23)11-26-16-6-4-5-15(10-16)25-3/h4-10H,11H2,1-3H3,(H,21,23)(H,22,24). The van der Waals surface area contributed by atoms with E-state index in [1.807, 2.05) is 13.0 Å². The number of rotatable bonds is 5. The molecule has 6 nitrogen and oxygen atoms in total. The zero-order valence-corrected chi connectivity index (χ0v) is 14.9. The first-order valence-corrected chi connectivity index (χ1v) is 8.18.